The summed E-state index contributed by atoms with van der Waals surface area (Å²) < 4.78 is 0. The molecule has 6 heteroatoms. The first-order valence-corrected chi connectivity index (χ1v) is 4.62. The second-order valence-corrected chi connectivity index (χ2v) is 3.29. The van der Waals surface area contributed by atoms with E-state index in [2.05, 4.69) is 12.2 Å². The quantitative estimate of drug-likeness (QED) is 0.282. The molecule has 0 radical (unpaired) electrons. The van der Waals surface area contributed by atoms with Gasteiger partial charge in [-0.1, -0.05) is 24.4 Å². The molecule has 5 nitrogen and oxygen atoms in total. The average molecular weight is 233 g/mol. The molecule has 0 atom stereocenters. The van der Waals surface area contributed by atoms with Crippen molar-refractivity contribution in [3.8, 4) is 6.07 Å². The molecule has 0 aliphatic rings. The van der Waals surface area contributed by atoms with E-state index >= 15 is 0 Å². The van der Waals surface area contributed by atoms with E-state index in [0.717, 1.165) is 0 Å². The highest BCUT2D eigenvalue weighted by Gasteiger charge is 2.11. The maximum Gasteiger partial charge on any atom is 0.276 e. The van der Waals surface area contributed by atoms with Crippen LogP contribution in [0.25, 0.3) is 6.08 Å². The van der Waals surface area contributed by atoms with Crippen molar-refractivity contribution in [1.82, 2.24) is 0 Å². The Morgan fingerprint density at radius 3 is 2.69 bits per heavy atom. The number of nitrogens with zero attached hydrogens (tertiary/aromatic N) is 2. The molecule has 1 rings (SSSR count). The van der Waals surface area contributed by atoms with Gasteiger partial charge in [0.05, 0.1) is 16.1 Å². The molecule has 0 amide bonds. The maximum atomic E-state index is 10.7. The third kappa shape index (κ3) is 2.62. The summed E-state index contributed by atoms with van der Waals surface area (Å²) in [5.74, 6) is 0. The van der Waals surface area contributed by atoms with E-state index in [0.29, 0.717) is 5.56 Å². The van der Waals surface area contributed by atoms with Gasteiger partial charge in [0.25, 0.3) is 5.69 Å². The van der Waals surface area contributed by atoms with Gasteiger partial charge in [0, 0.05) is 6.07 Å². The number of thiocarbonyl (C=S) groups is 1. The van der Waals surface area contributed by atoms with E-state index in [9.17, 15) is 10.1 Å². The largest absolute Gasteiger partial charge is 0.389 e. The number of hydrogen-bond acceptors (Lipinski definition) is 4. The lowest BCUT2D eigenvalue weighted by Crippen LogP contribution is -2.09. The van der Waals surface area contributed by atoms with Crippen molar-refractivity contribution >= 4 is 29.0 Å². The third-order valence-electron chi connectivity index (χ3n) is 1.82. The Morgan fingerprint density at radius 2 is 2.19 bits per heavy atom. The van der Waals surface area contributed by atoms with Crippen molar-refractivity contribution in [1.29, 1.82) is 5.26 Å². The lowest BCUT2D eigenvalue weighted by Gasteiger charge is -1.98. The van der Waals surface area contributed by atoms with Crippen molar-refractivity contribution in [3.63, 3.8) is 0 Å². The van der Waals surface area contributed by atoms with E-state index < -0.39 is 4.92 Å². The van der Waals surface area contributed by atoms with Crippen molar-refractivity contribution < 1.29 is 4.92 Å². The lowest BCUT2D eigenvalue weighted by atomic mass is 10.1. The van der Waals surface area contributed by atoms with Gasteiger partial charge in [-0.25, -0.2) is 0 Å². The zero-order chi connectivity index (χ0) is 12.1. The predicted molar refractivity (Wildman–Crippen MR) is 63.5 cm³/mol. The number of rotatable bonds is 3. The molecule has 2 N–H and O–H groups in total. The highest BCUT2D eigenvalue weighted by Crippen LogP contribution is 2.20. The van der Waals surface area contributed by atoms with Crippen LogP contribution in [0, 0.1) is 21.4 Å². The molecule has 1 aromatic carbocycles. The molecule has 0 saturated carbocycles. The predicted octanol–water partition coefficient (Wildman–Crippen LogP) is 1.79. The third-order valence-corrected chi connectivity index (χ3v) is 2.04. The van der Waals surface area contributed by atoms with Crippen LogP contribution in [0.1, 0.15) is 5.56 Å². The van der Waals surface area contributed by atoms with Gasteiger partial charge in [0.1, 0.15) is 11.1 Å². The molecule has 0 spiro atoms. The summed E-state index contributed by atoms with van der Waals surface area (Å²) in [6, 6.07) is 7.83. The number of benzene rings is 1. The minimum atomic E-state index is -0.527. The van der Waals surface area contributed by atoms with Crippen LogP contribution in [0.3, 0.4) is 0 Å². The van der Waals surface area contributed by atoms with E-state index in [1.807, 2.05) is 0 Å². The average Bonchev–Trinajstić information content (AvgIpc) is 2.25. The summed E-state index contributed by atoms with van der Waals surface area (Å²) in [4.78, 5) is 10.1. The van der Waals surface area contributed by atoms with Gasteiger partial charge in [-0.15, -0.1) is 0 Å². The Hall–Kier alpha value is -2.26. The van der Waals surface area contributed by atoms with Crippen LogP contribution >= 0.6 is 12.2 Å². The van der Waals surface area contributed by atoms with Crippen molar-refractivity contribution in [2.45, 2.75) is 0 Å². The highest BCUT2D eigenvalue weighted by molar-refractivity contribution is 7.80. The van der Waals surface area contributed by atoms with Gasteiger partial charge in [-0.2, -0.15) is 5.26 Å². The van der Waals surface area contributed by atoms with E-state index in [1.165, 1.54) is 18.2 Å². The normalized spacial score (nSPS) is 10.6. The minimum Gasteiger partial charge on any atom is -0.389 e. The van der Waals surface area contributed by atoms with Crippen LogP contribution in [-0.4, -0.2) is 9.91 Å². The number of nitrogens with two attached hydrogens (primary N) is 1. The molecular weight excluding hydrogens is 226 g/mol. The van der Waals surface area contributed by atoms with Gasteiger partial charge in [0.2, 0.25) is 0 Å². The highest BCUT2D eigenvalue weighted by atomic mass is 32.1. The Morgan fingerprint density at radius 1 is 1.56 bits per heavy atom. The number of para-hydroxylation sites is 1. The summed E-state index contributed by atoms with van der Waals surface area (Å²) in [7, 11) is 0. The Kier molecular flexibility index (Phi) is 3.69. The zero-order valence-electron chi connectivity index (χ0n) is 8.08. The molecule has 0 aromatic heterocycles. The van der Waals surface area contributed by atoms with Crippen molar-refractivity contribution in [3.05, 3.63) is 45.5 Å². The van der Waals surface area contributed by atoms with Crippen LogP contribution in [0.5, 0.6) is 0 Å². The van der Waals surface area contributed by atoms with E-state index in [4.69, 9.17) is 11.0 Å². The molecule has 1 aromatic rings. The SMILES string of the molecule is N#CC(=Cc1ccccc1[N+](=O)[O-])C(N)=S. The zero-order valence-corrected chi connectivity index (χ0v) is 8.90. The van der Waals surface area contributed by atoms with E-state index in [1.54, 1.807) is 18.2 Å². The fourth-order valence-corrected chi connectivity index (χ4v) is 1.19. The molecule has 16 heavy (non-hydrogen) atoms. The molecule has 0 bridgehead atoms. The van der Waals surface area contributed by atoms with Crippen LogP contribution in [0.2, 0.25) is 0 Å². The molecule has 0 fully saturated rings. The number of hydrogen-bond donors (Lipinski definition) is 1. The number of nitro groups is 1. The first-order valence-electron chi connectivity index (χ1n) is 4.21. The maximum absolute atomic E-state index is 10.7. The monoisotopic (exact) mass is 233 g/mol. The summed E-state index contributed by atoms with van der Waals surface area (Å²) in [6.45, 7) is 0. The fraction of sp³-hybridized carbons (Fsp3) is 0. The standard InChI is InChI=1S/C10H7N3O2S/c11-6-8(10(12)16)5-7-3-1-2-4-9(7)13(14)15/h1-5H,(H2,12,16). The van der Waals surface area contributed by atoms with Gasteiger partial charge in [-0.3, -0.25) is 10.1 Å². The summed E-state index contributed by atoms with van der Waals surface area (Å²) in [6.07, 6.45) is 1.31. The molecule has 80 valence electrons. The fourth-order valence-electron chi connectivity index (χ4n) is 1.09. The molecule has 0 heterocycles. The second kappa shape index (κ2) is 5.00. The van der Waals surface area contributed by atoms with Gasteiger partial charge >= 0.3 is 0 Å². The first-order chi connectivity index (χ1) is 7.56. The van der Waals surface area contributed by atoms with Crippen molar-refractivity contribution in [2.75, 3.05) is 0 Å². The summed E-state index contributed by atoms with van der Waals surface area (Å²) in [5.41, 5.74) is 5.55. The second-order valence-electron chi connectivity index (χ2n) is 2.85. The number of nitro benzene ring substituents is 1. The smallest absolute Gasteiger partial charge is 0.276 e. The van der Waals surface area contributed by atoms with Crippen LogP contribution in [0.4, 0.5) is 5.69 Å². The van der Waals surface area contributed by atoms with Gasteiger partial charge in [-0.05, 0) is 12.1 Å². The molecule has 0 aliphatic heterocycles. The molecule has 0 saturated heterocycles. The van der Waals surface area contributed by atoms with Crippen molar-refractivity contribution in [2.24, 2.45) is 5.73 Å². The molecule has 0 aliphatic carbocycles. The Labute approximate surface area is 96.9 Å². The molecular formula is C10H7N3O2S. The lowest BCUT2D eigenvalue weighted by molar-refractivity contribution is -0.385. The van der Waals surface area contributed by atoms with Gasteiger partial charge in [0.15, 0.2) is 0 Å². The topological polar surface area (TPSA) is 92.9 Å². The summed E-state index contributed by atoms with van der Waals surface area (Å²) in [5, 5.41) is 19.4. The first kappa shape index (κ1) is 11.8. The summed E-state index contributed by atoms with van der Waals surface area (Å²) >= 11 is 4.64. The Balaban J connectivity index is 3.30. The van der Waals surface area contributed by atoms with Crippen LogP contribution < -0.4 is 5.73 Å². The van der Waals surface area contributed by atoms with E-state index in [-0.39, 0.29) is 16.2 Å². The molecule has 0 unspecified atom stereocenters. The minimum absolute atomic E-state index is 0.0456. The Bertz CT molecular complexity index is 517. The number of nitriles is 1. The van der Waals surface area contributed by atoms with Gasteiger partial charge < -0.3 is 5.73 Å². The van der Waals surface area contributed by atoms with Crippen LogP contribution in [-0.2, 0) is 0 Å². The van der Waals surface area contributed by atoms with Crippen LogP contribution in [0.15, 0.2) is 29.8 Å².